The Morgan fingerprint density at radius 3 is 2.20 bits per heavy atom. The maximum absolute atomic E-state index is 15.2. The van der Waals surface area contributed by atoms with Gasteiger partial charge in [0.05, 0.1) is 24.3 Å². The van der Waals surface area contributed by atoms with E-state index in [0.717, 1.165) is 16.7 Å². The summed E-state index contributed by atoms with van der Waals surface area (Å²) in [6, 6.07) is -0.0698. The molecule has 46 heavy (non-hydrogen) atoms. The van der Waals surface area contributed by atoms with Crippen molar-refractivity contribution in [2.24, 2.45) is 7.05 Å². The molecule has 1 aliphatic heterocycles. The van der Waals surface area contributed by atoms with Crippen LogP contribution in [0, 0.1) is 24.4 Å². The van der Waals surface area contributed by atoms with Gasteiger partial charge in [-0.2, -0.15) is 26.3 Å². The molecule has 8 nitrogen and oxygen atoms in total. The fourth-order valence-electron chi connectivity index (χ4n) is 4.99. The molecule has 1 fully saturated rings. The first-order valence-corrected chi connectivity index (χ1v) is 13.3. The number of morpholine rings is 1. The number of alkyl halides is 6. The molecule has 17 heteroatoms. The number of carbonyl (C=O) groups excluding carboxylic acids is 1. The zero-order chi connectivity index (χ0) is 34.3. The highest BCUT2D eigenvalue weighted by Crippen LogP contribution is 2.37. The van der Waals surface area contributed by atoms with E-state index in [0.29, 0.717) is 29.2 Å². The van der Waals surface area contributed by atoms with Gasteiger partial charge in [0.1, 0.15) is 35.1 Å². The maximum Gasteiger partial charge on any atom is 0.417 e. The van der Waals surface area contributed by atoms with Crippen LogP contribution in [-0.4, -0.2) is 59.6 Å². The number of halogens is 9. The van der Waals surface area contributed by atoms with Gasteiger partial charge in [-0.15, -0.1) is 0 Å². The van der Waals surface area contributed by atoms with Crippen LogP contribution in [0.25, 0.3) is 11.1 Å². The van der Waals surface area contributed by atoms with Gasteiger partial charge in [-0.1, -0.05) is 12.1 Å². The fraction of sp³-hybridized carbons (Fsp3) is 0.345. The largest absolute Gasteiger partial charge is 0.480 e. The smallest absolute Gasteiger partial charge is 0.417 e. The molecular formula is C29H24F9N3O5. The van der Waals surface area contributed by atoms with Gasteiger partial charge in [0.2, 0.25) is 0 Å². The fourth-order valence-corrected chi connectivity index (χ4v) is 4.99. The van der Waals surface area contributed by atoms with Crippen LogP contribution < -0.4 is 15.8 Å². The van der Waals surface area contributed by atoms with Crippen molar-refractivity contribution in [1.82, 2.24) is 9.88 Å². The Balaban J connectivity index is 1.60. The summed E-state index contributed by atoms with van der Waals surface area (Å²) in [6.07, 6.45) is -10.6. The minimum absolute atomic E-state index is 0.0488. The molecule has 2 N–H and O–H groups in total. The minimum Gasteiger partial charge on any atom is -0.480 e. The van der Waals surface area contributed by atoms with E-state index >= 15 is 4.39 Å². The summed E-state index contributed by atoms with van der Waals surface area (Å²) in [7, 11) is 1.19. The van der Waals surface area contributed by atoms with Crippen molar-refractivity contribution in [2.45, 2.75) is 37.8 Å². The lowest BCUT2D eigenvalue weighted by Gasteiger charge is -2.38. The van der Waals surface area contributed by atoms with Gasteiger partial charge in [0, 0.05) is 37.0 Å². The van der Waals surface area contributed by atoms with Crippen molar-refractivity contribution in [1.29, 1.82) is 0 Å². The topological polar surface area (TPSA) is 101 Å². The average molecular weight is 666 g/mol. The monoisotopic (exact) mass is 665 g/mol. The Morgan fingerprint density at radius 2 is 1.65 bits per heavy atom. The number of aromatic nitrogens is 1. The van der Waals surface area contributed by atoms with Crippen LogP contribution in [0.3, 0.4) is 0 Å². The number of carbonyl (C=O) groups is 2. The Morgan fingerprint density at radius 1 is 1.02 bits per heavy atom. The molecule has 2 aromatic carbocycles. The van der Waals surface area contributed by atoms with Crippen molar-refractivity contribution in [2.75, 3.05) is 24.7 Å². The molecule has 0 bridgehead atoms. The average Bonchev–Trinajstić information content (AvgIpc) is 2.94. The van der Waals surface area contributed by atoms with Crippen LogP contribution in [0.15, 0.2) is 41.2 Å². The van der Waals surface area contributed by atoms with Gasteiger partial charge in [-0.3, -0.25) is 9.59 Å². The van der Waals surface area contributed by atoms with Crippen molar-refractivity contribution < 1.29 is 58.9 Å². The summed E-state index contributed by atoms with van der Waals surface area (Å²) in [5.74, 6) is -7.87. The second-order valence-electron chi connectivity index (χ2n) is 10.4. The number of ether oxygens (including phenoxy) is 1. The number of carboxylic acid groups (broad SMARTS) is 1. The van der Waals surface area contributed by atoms with Crippen LogP contribution in [0.4, 0.5) is 45.2 Å². The van der Waals surface area contributed by atoms with E-state index in [9.17, 15) is 54.6 Å². The number of nitrogens with zero attached hydrogens (tertiary/aromatic N) is 2. The highest BCUT2D eigenvalue weighted by molar-refractivity contribution is 5.97. The first-order chi connectivity index (χ1) is 21.3. The normalized spacial score (nSPS) is 16.3. The number of hydrogen-bond donors (Lipinski definition) is 2. The van der Waals surface area contributed by atoms with Gasteiger partial charge < -0.3 is 24.6 Å². The third kappa shape index (κ3) is 6.98. The molecule has 0 unspecified atom stereocenters. The van der Waals surface area contributed by atoms with Gasteiger partial charge in [0.15, 0.2) is 0 Å². The van der Waals surface area contributed by atoms with Gasteiger partial charge in [-0.05, 0) is 36.8 Å². The molecular weight excluding hydrogens is 641 g/mol. The third-order valence-electron chi connectivity index (χ3n) is 7.41. The third-order valence-corrected chi connectivity index (χ3v) is 7.41. The van der Waals surface area contributed by atoms with E-state index in [-0.39, 0.29) is 24.4 Å². The Labute approximate surface area is 254 Å². The Bertz CT molecular complexity index is 1710. The molecule has 1 aromatic heterocycles. The van der Waals surface area contributed by atoms with Crippen molar-refractivity contribution in [3.8, 4) is 11.1 Å². The lowest BCUT2D eigenvalue weighted by molar-refractivity contribution is -0.167. The molecule has 1 saturated heterocycles. The number of hydrogen-bond acceptors (Lipinski definition) is 5. The number of carboxylic acids is 1. The Hall–Kier alpha value is -4.54. The Kier molecular flexibility index (Phi) is 9.47. The van der Waals surface area contributed by atoms with E-state index in [4.69, 9.17) is 4.74 Å². The number of amides is 1. The predicted octanol–water partition coefficient (Wildman–Crippen LogP) is 4.99. The summed E-state index contributed by atoms with van der Waals surface area (Å²) in [5.41, 5.74) is -6.34. The lowest BCUT2D eigenvalue weighted by atomic mass is 9.96. The second kappa shape index (κ2) is 12.7. The number of pyridine rings is 1. The van der Waals surface area contributed by atoms with Crippen LogP contribution in [0.2, 0.25) is 0 Å². The number of aliphatic carboxylic acids is 1. The number of rotatable bonds is 7. The van der Waals surface area contributed by atoms with Crippen molar-refractivity contribution in [3.05, 3.63) is 86.6 Å². The molecule has 0 saturated carbocycles. The van der Waals surface area contributed by atoms with Crippen LogP contribution in [0.5, 0.6) is 0 Å². The van der Waals surface area contributed by atoms with Crippen LogP contribution in [0.1, 0.15) is 27.2 Å². The number of aryl methyl sites for hydroxylation is 1. The van der Waals surface area contributed by atoms with E-state index in [1.54, 1.807) is 0 Å². The molecule has 4 rings (SSSR count). The van der Waals surface area contributed by atoms with Gasteiger partial charge >= 0.3 is 18.3 Å². The minimum atomic E-state index is -5.03. The maximum atomic E-state index is 15.2. The van der Waals surface area contributed by atoms with Gasteiger partial charge in [0.25, 0.3) is 11.5 Å². The highest BCUT2D eigenvalue weighted by Gasteiger charge is 2.46. The molecule has 3 aromatic rings. The SMILES string of the molecule is Cc1cc(C(F)(F)F)c(-c2ccc(C[C@H](NC(=O)c3c(F)cc(N4CCOC[C@@H]4C(F)(F)F)cc3F)C(=O)O)cc2F)c(=O)n1C. The molecule has 1 amide bonds. The molecule has 0 aliphatic carbocycles. The second-order valence-corrected chi connectivity index (χ2v) is 10.4. The summed E-state index contributed by atoms with van der Waals surface area (Å²) in [6.45, 7) is -0.103. The van der Waals surface area contributed by atoms with E-state index in [2.05, 4.69) is 0 Å². The summed E-state index contributed by atoms with van der Waals surface area (Å²) < 4.78 is 132. The summed E-state index contributed by atoms with van der Waals surface area (Å²) in [4.78, 5) is 38.0. The predicted molar refractivity (Wildman–Crippen MR) is 144 cm³/mol. The van der Waals surface area contributed by atoms with Crippen molar-refractivity contribution in [3.63, 3.8) is 0 Å². The van der Waals surface area contributed by atoms with E-state index in [1.165, 1.54) is 14.0 Å². The number of anilines is 1. The number of benzene rings is 2. The molecule has 0 spiro atoms. The first kappa shape index (κ1) is 34.3. The first-order valence-electron chi connectivity index (χ1n) is 13.3. The zero-order valence-corrected chi connectivity index (χ0v) is 23.8. The molecule has 0 radical (unpaired) electrons. The zero-order valence-electron chi connectivity index (χ0n) is 23.8. The van der Waals surface area contributed by atoms with E-state index < -0.39 is 100 Å². The molecule has 2 heterocycles. The van der Waals surface area contributed by atoms with Crippen LogP contribution >= 0.6 is 0 Å². The summed E-state index contributed by atoms with van der Waals surface area (Å²) in [5, 5.41) is 11.5. The van der Waals surface area contributed by atoms with Crippen molar-refractivity contribution >= 4 is 17.6 Å². The molecule has 1 aliphatic rings. The number of nitrogens with one attached hydrogen (secondary N) is 1. The quantitative estimate of drug-likeness (QED) is 0.345. The molecule has 248 valence electrons. The highest BCUT2D eigenvalue weighted by atomic mass is 19.4. The summed E-state index contributed by atoms with van der Waals surface area (Å²) >= 11 is 0. The standard InChI is InChI=1S/C29H24F9N3O5/c1-13-7-17(28(33,34)35)23(26(43)40(13)2)16-4-3-14(8-18(16)30)9-21(27(44)45)39-25(42)24-19(31)10-15(11-20(24)32)41-5-6-46-12-22(41)29(36,37)38/h3-4,7-8,10-11,21-22H,5-6,9,12H2,1-2H3,(H,39,42)(H,44,45)/t21-,22+/m0/s1. The van der Waals surface area contributed by atoms with Gasteiger partial charge in [-0.25, -0.2) is 18.0 Å². The lowest BCUT2D eigenvalue weighted by Crippen LogP contribution is -2.53. The molecule has 2 atom stereocenters. The van der Waals surface area contributed by atoms with E-state index in [1.807, 2.05) is 5.32 Å². The van der Waals surface area contributed by atoms with Crippen LogP contribution in [-0.2, 0) is 29.2 Å².